The zero-order valence-electron chi connectivity index (χ0n) is 19.4. The lowest BCUT2D eigenvalue weighted by Gasteiger charge is -2.11. The van der Waals surface area contributed by atoms with E-state index < -0.39 is 5.82 Å². The van der Waals surface area contributed by atoms with Crippen molar-refractivity contribution in [1.82, 2.24) is 19.5 Å². The van der Waals surface area contributed by atoms with Crippen LogP contribution < -0.4 is 15.6 Å². The molecular weight excluding hydrogens is 457 g/mol. The minimum atomic E-state index is -0.626. The van der Waals surface area contributed by atoms with E-state index in [1.54, 1.807) is 13.1 Å². The van der Waals surface area contributed by atoms with Crippen molar-refractivity contribution in [3.63, 3.8) is 0 Å². The van der Waals surface area contributed by atoms with E-state index in [9.17, 15) is 9.18 Å². The number of para-hydroxylation sites is 1. The van der Waals surface area contributed by atoms with Crippen molar-refractivity contribution >= 4 is 11.6 Å². The van der Waals surface area contributed by atoms with Crippen molar-refractivity contribution in [3.05, 3.63) is 125 Å². The SMILES string of the molecule is Cn1c(Cc2ccccc2)ncc(-c2ccc(Oc3ccnc(Nc4ccccc4)n3)c(F)c2)c1=O. The molecule has 0 atom stereocenters. The van der Waals surface area contributed by atoms with Gasteiger partial charge in [-0.25, -0.2) is 14.4 Å². The summed E-state index contributed by atoms with van der Waals surface area (Å²) in [5.74, 6) is 0.477. The predicted molar refractivity (Wildman–Crippen MR) is 136 cm³/mol. The molecule has 5 rings (SSSR count). The van der Waals surface area contributed by atoms with Crippen LogP contribution in [0.1, 0.15) is 11.4 Å². The van der Waals surface area contributed by atoms with Crippen LogP contribution in [-0.4, -0.2) is 19.5 Å². The Bertz CT molecular complexity index is 1560. The molecule has 178 valence electrons. The van der Waals surface area contributed by atoms with Crippen molar-refractivity contribution in [2.75, 3.05) is 5.32 Å². The van der Waals surface area contributed by atoms with Gasteiger partial charge in [-0.05, 0) is 35.4 Å². The first kappa shape index (κ1) is 22.9. The molecule has 5 aromatic rings. The molecule has 0 radical (unpaired) electrons. The lowest BCUT2D eigenvalue weighted by atomic mass is 10.1. The van der Waals surface area contributed by atoms with Gasteiger partial charge in [-0.1, -0.05) is 54.6 Å². The number of aromatic nitrogens is 4. The number of rotatable bonds is 7. The van der Waals surface area contributed by atoms with Gasteiger partial charge in [0.1, 0.15) is 5.82 Å². The van der Waals surface area contributed by atoms with E-state index in [-0.39, 0.29) is 17.2 Å². The Morgan fingerprint density at radius 2 is 1.69 bits per heavy atom. The monoisotopic (exact) mass is 479 g/mol. The smallest absolute Gasteiger partial charge is 0.261 e. The molecule has 0 aliphatic rings. The summed E-state index contributed by atoms with van der Waals surface area (Å²) in [4.78, 5) is 25.9. The Kier molecular flexibility index (Phi) is 6.48. The predicted octanol–water partition coefficient (Wildman–Crippen LogP) is 5.50. The molecule has 0 unspecified atom stereocenters. The first-order valence-corrected chi connectivity index (χ1v) is 11.3. The molecule has 0 aliphatic carbocycles. The third-order valence-corrected chi connectivity index (χ3v) is 5.59. The molecule has 0 spiro atoms. The minimum Gasteiger partial charge on any atom is -0.436 e. The fourth-order valence-corrected chi connectivity index (χ4v) is 3.69. The summed E-state index contributed by atoms with van der Waals surface area (Å²) in [5, 5.41) is 3.07. The van der Waals surface area contributed by atoms with Crippen molar-refractivity contribution in [2.24, 2.45) is 7.05 Å². The average Bonchev–Trinajstić information content (AvgIpc) is 2.90. The summed E-state index contributed by atoms with van der Waals surface area (Å²) in [6.45, 7) is 0. The van der Waals surface area contributed by atoms with Gasteiger partial charge in [-0.15, -0.1) is 0 Å². The zero-order chi connectivity index (χ0) is 24.9. The van der Waals surface area contributed by atoms with Gasteiger partial charge in [-0.3, -0.25) is 9.36 Å². The quantitative estimate of drug-likeness (QED) is 0.332. The van der Waals surface area contributed by atoms with Gasteiger partial charge in [0.05, 0.1) is 5.56 Å². The van der Waals surface area contributed by atoms with Crippen LogP contribution >= 0.6 is 0 Å². The van der Waals surface area contributed by atoms with Crippen LogP contribution in [-0.2, 0) is 13.5 Å². The van der Waals surface area contributed by atoms with Gasteiger partial charge < -0.3 is 10.1 Å². The number of hydrogen-bond donors (Lipinski definition) is 1. The Hall–Kier alpha value is -4.85. The van der Waals surface area contributed by atoms with E-state index >= 15 is 0 Å². The van der Waals surface area contributed by atoms with E-state index in [0.29, 0.717) is 29.3 Å². The second kappa shape index (κ2) is 10.2. The van der Waals surface area contributed by atoms with Gasteiger partial charge in [0, 0.05) is 37.6 Å². The second-order valence-electron chi connectivity index (χ2n) is 8.07. The maximum atomic E-state index is 15.0. The van der Waals surface area contributed by atoms with E-state index in [4.69, 9.17) is 4.74 Å². The molecular formula is C28H22FN5O2. The molecule has 0 amide bonds. The highest BCUT2D eigenvalue weighted by molar-refractivity contribution is 5.63. The molecule has 0 fully saturated rings. The Balaban J connectivity index is 1.35. The summed E-state index contributed by atoms with van der Waals surface area (Å²) in [6, 6.07) is 25.1. The number of benzene rings is 3. The molecule has 1 N–H and O–H groups in total. The molecule has 2 heterocycles. The zero-order valence-corrected chi connectivity index (χ0v) is 19.4. The third kappa shape index (κ3) is 5.12. The number of nitrogens with zero attached hydrogens (tertiary/aromatic N) is 4. The van der Waals surface area contributed by atoms with Crippen molar-refractivity contribution in [2.45, 2.75) is 6.42 Å². The maximum Gasteiger partial charge on any atom is 0.261 e. The van der Waals surface area contributed by atoms with Gasteiger partial charge in [-0.2, -0.15) is 4.98 Å². The molecule has 8 heteroatoms. The molecule has 3 aromatic carbocycles. The fraction of sp³-hybridized carbons (Fsp3) is 0.0714. The first-order valence-electron chi connectivity index (χ1n) is 11.3. The average molecular weight is 480 g/mol. The number of anilines is 2. The number of hydrogen-bond acceptors (Lipinski definition) is 6. The highest BCUT2D eigenvalue weighted by atomic mass is 19.1. The highest BCUT2D eigenvalue weighted by Crippen LogP contribution is 2.27. The largest absolute Gasteiger partial charge is 0.436 e. The molecule has 36 heavy (non-hydrogen) atoms. The van der Waals surface area contributed by atoms with E-state index in [1.165, 1.54) is 35.2 Å². The third-order valence-electron chi connectivity index (χ3n) is 5.59. The summed E-state index contributed by atoms with van der Waals surface area (Å²) in [5.41, 5.74) is 2.32. The topological polar surface area (TPSA) is 81.9 Å². The number of nitrogens with one attached hydrogen (secondary N) is 1. The summed E-state index contributed by atoms with van der Waals surface area (Å²) in [7, 11) is 1.67. The lowest BCUT2D eigenvalue weighted by molar-refractivity contribution is 0.427. The van der Waals surface area contributed by atoms with Crippen LogP contribution in [0.15, 0.2) is 102 Å². The molecule has 0 saturated carbocycles. The Labute approximate surface area is 206 Å². The maximum absolute atomic E-state index is 15.0. The van der Waals surface area contributed by atoms with Crippen LogP contribution in [0.4, 0.5) is 16.0 Å². The van der Waals surface area contributed by atoms with Gasteiger partial charge >= 0.3 is 0 Å². The van der Waals surface area contributed by atoms with Crippen LogP contribution in [0.3, 0.4) is 0 Å². The van der Waals surface area contributed by atoms with Crippen LogP contribution in [0, 0.1) is 5.82 Å². The van der Waals surface area contributed by atoms with Crippen molar-refractivity contribution in [1.29, 1.82) is 0 Å². The molecule has 0 aliphatic heterocycles. The minimum absolute atomic E-state index is 0.0198. The Morgan fingerprint density at radius 3 is 2.44 bits per heavy atom. The van der Waals surface area contributed by atoms with E-state index in [0.717, 1.165) is 11.3 Å². The summed E-state index contributed by atoms with van der Waals surface area (Å²) >= 11 is 0. The number of ether oxygens (including phenoxy) is 1. The molecule has 0 bridgehead atoms. The van der Waals surface area contributed by atoms with Crippen molar-refractivity contribution < 1.29 is 9.13 Å². The summed E-state index contributed by atoms with van der Waals surface area (Å²) < 4.78 is 22.1. The normalized spacial score (nSPS) is 10.7. The van der Waals surface area contributed by atoms with E-state index in [1.807, 2.05) is 60.7 Å². The first-order chi connectivity index (χ1) is 17.6. The summed E-state index contributed by atoms with van der Waals surface area (Å²) in [6.07, 6.45) is 3.53. The van der Waals surface area contributed by atoms with Crippen LogP contribution in [0.25, 0.3) is 11.1 Å². The van der Waals surface area contributed by atoms with Crippen LogP contribution in [0.5, 0.6) is 11.6 Å². The standard InChI is InChI=1S/C28H22FN5O2/c1-34-25(16-19-8-4-2-5-9-19)31-18-22(27(34)35)20-12-13-24(23(29)17-20)36-26-14-15-30-28(33-26)32-21-10-6-3-7-11-21/h2-15,17-18H,16H2,1H3,(H,30,32,33). The second-order valence-corrected chi connectivity index (χ2v) is 8.07. The molecule has 2 aromatic heterocycles. The number of halogens is 1. The van der Waals surface area contributed by atoms with Gasteiger partial charge in [0.2, 0.25) is 11.8 Å². The van der Waals surface area contributed by atoms with Crippen LogP contribution in [0.2, 0.25) is 0 Å². The van der Waals surface area contributed by atoms with Gasteiger partial charge in [0.25, 0.3) is 5.56 Å². The highest BCUT2D eigenvalue weighted by Gasteiger charge is 2.14. The van der Waals surface area contributed by atoms with Crippen molar-refractivity contribution in [3.8, 4) is 22.8 Å². The molecule has 0 saturated heterocycles. The van der Waals surface area contributed by atoms with Gasteiger partial charge in [0.15, 0.2) is 11.6 Å². The molecule has 7 nitrogen and oxygen atoms in total. The van der Waals surface area contributed by atoms with E-state index in [2.05, 4.69) is 20.3 Å². The fourth-order valence-electron chi connectivity index (χ4n) is 3.69. The lowest BCUT2D eigenvalue weighted by Crippen LogP contribution is -2.23. The Morgan fingerprint density at radius 1 is 0.944 bits per heavy atom.